The van der Waals surface area contributed by atoms with Crippen LogP contribution in [0.4, 0.5) is 13.6 Å². The highest BCUT2D eigenvalue weighted by molar-refractivity contribution is 5.81. The lowest BCUT2D eigenvalue weighted by molar-refractivity contribution is -0.183. The summed E-state index contributed by atoms with van der Waals surface area (Å²) in [6.07, 6.45) is 3.01. The topological polar surface area (TPSA) is 79.4 Å². The van der Waals surface area contributed by atoms with E-state index in [1.165, 1.54) is 6.08 Å². The average Bonchev–Trinajstić information content (AvgIpc) is 2.59. The number of carbonyl (C=O) groups is 1. The second kappa shape index (κ2) is 7.43. The van der Waals surface area contributed by atoms with E-state index in [0.29, 0.717) is 25.1 Å². The molecule has 5 nitrogen and oxygen atoms in total. The molecule has 1 aromatic carbocycles. The van der Waals surface area contributed by atoms with Crippen LogP contribution in [0.2, 0.25) is 0 Å². The molecule has 29 heavy (non-hydrogen) atoms. The van der Waals surface area contributed by atoms with Gasteiger partial charge in [0, 0.05) is 31.3 Å². The first-order valence-electron chi connectivity index (χ1n) is 9.88. The molecule has 158 valence electrons. The van der Waals surface area contributed by atoms with Crippen LogP contribution in [-0.4, -0.2) is 35.3 Å². The van der Waals surface area contributed by atoms with Gasteiger partial charge in [-0.2, -0.15) is 0 Å². The van der Waals surface area contributed by atoms with E-state index >= 15 is 0 Å². The highest BCUT2D eigenvalue weighted by Crippen LogP contribution is 2.60. The molecule has 1 saturated heterocycles. The van der Waals surface area contributed by atoms with E-state index in [2.05, 4.69) is 0 Å². The summed E-state index contributed by atoms with van der Waals surface area (Å²) in [5.41, 5.74) is 6.97. The van der Waals surface area contributed by atoms with Gasteiger partial charge in [0.1, 0.15) is 5.60 Å². The van der Waals surface area contributed by atoms with Gasteiger partial charge in [-0.05, 0) is 56.2 Å². The molecule has 1 spiro atoms. The number of rotatable bonds is 3. The largest absolute Gasteiger partial charge is 0.444 e. The molecule has 1 atom stereocenters. The van der Waals surface area contributed by atoms with Crippen LogP contribution < -0.4 is 5.73 Å². The first kappa shape index (κ1) is 21.3. The predicted octanol–water partition coefficient (Wildman–Crippen LogP) is 5.12. The Labute approximate surface area is 170 Å². The van der Waals surface area contributed by atoms with Crippen molar-refractivity contribution in [1.29, 1.82) is 5.41 Å². The number of ether oxygens (including phenoxy) is 1. The van der Waals surface area contributed by atoms with Gasteiger partial charge in [0.15, 0.2) is 0 Å². The van der Waals surface area contributed by atoms with Crippen molar-refractivity contribution < 1.29 is 18.3 Å². The smallest absolute Gasteiger partial charge is 0.410 e. The van der Waals surface area contributed by atoms with Crippen molar-refractivity contribution in [2.75, 3.05) is 6.54 Å². The lowest BCUT2D eigenvalue weighted by Crippen LogP contribution is -2.54. The maximum absolute atomic E-state index is 13.6. The van der Waals surface area contributed by atoms with Crippen molar-refractivity contribution in [3.63, 3.8) is 0 Å². The van der Waals surface area contributed by atoms with Crippen LogP contribution in [0.1, 0.15) is 63.6 Å². The van der Waals surface area contributed by atoms with E-state index in [4.69, 9.17) is 15.9 Å². The molecule has 1 aromatic rings. The van der Waals surface area contributed by atoms with Crippen LogP contribution in [0.25, 0.3) is 5.70 Å². The molecular weight excluding hydrogens is 376 g/mol. The standard InChI is InChI=1S/C22H29F2N3O2/c1-20(2,3)29-19(28)27-11-9-21(13-22(23,24)14-21)12-18(27)16-6-4-15(5-7-16)17(26)8-10-25/h4-8,10,18,25H,9,11-14,26H2,1-3H3/b17-8-,25-10?. The molecule has 1 aliphatic carbocycles. The van der Waals surface area contributed by atoms with E-state index in [1.807, 2.05) is 45.0 Å². The van der Waals surface area contributed by atoms with Gasteiger partial charge in [0.2, 0.25) is 5.92 Å². The molecule has 7 heteroatoms. The highest BCUT2D eigenvalue weighted by Gasteiger charge is 2.59. The zero-order chi connectivity index (χ0) is 21.4. The predicted molar refractivity (Wildman–Crippen MR) is 109 cm³/mol. The summed E-state index contributed by atoms with van der Waals surface area (Å²) in [7, 11) is 0. The minimum atomic E-state index is -2.60. The second-order valence-corrected chi connectivity index (χ2v) is 9.26. The lowest BCUT2D eigenvalue weighted by Gasteiger charge is -2.54. The van der Waals surface area contributed by atoms with Crippen molar-refractivity contribution >= 4 is 18.0 Å². The number of halogens is 2. The number of nitrogens with one attached hydrogen (secondary N) is 1. The number of hydrogen-bond acceptors (Lipinski definition) is 4. The molecule has 1 saturated carbocycles. The molecule has 2 aliphatic rings. The average molecular weight is 405 g/mol. The van der Waals surface area contributed by atoms with Gasteiger partial charge < -0.3 is 20.8 Å². The molecule has 3 N–H and O–H groups in total. The number of amides is 1. The summed E-state index contributed by atoms with van der Waals surface area (Å²) in [6, 6.07) is 7.08. The molecule has 0 aromatic heterocycles. The van der Waals surface area contributed by atoms with Crippen molar-refractivity contribution in [3.8, 4) is 0 Å². The number of piperidine rings is 1. The second-order valence-electron chi connectivity index (χ2n) is 9.26. The Morgan fingerprint density at radius 1 is 1.28 bits per heavy atom. The molecule has 2 fully saturated rings. The minimum absolute atomic E-state index is 0.119. The first-order valence-corrected chi connectivity index (χ1v) is 9.88. The Kier molecular flexibility index (Phi) is 5.45. The van der Waals surface area contributed by atoms with Gasteiger partial charge in [0.05, 0.1) is 6.04 Å². The summed E-state index contributed by atoms with van der Waals surface area (Å²) < 4.78 is 32.9. The maximum atomic E-state index is 13.6. The zero-order valence-corrected chi connectivity index (χ0v) is 17.2. The normalized spacial score (nSPS) is 23.4. The first-order chi connectivity index (χ1) is 13.4. The monoisotopic (exact) mass is 405 g/mol. The minimum Gasteiger partial charge on any atom is -0.444 e. The van der Waals surface area contributed by atoms with E-state index in [9.17, 15) is 13.6 Å². The van der Waals surface area contributed by atoms with Crippen LogP contribution in [0, 0.1) is 10.8 Å². The zero-order valence-electron chi connectivity index (χ0n) is 17.2. The quantitative estimate of drug-likeness (QED) is 0.685. The van der Waals surface area contributed by atoms with Gasteiger partial charge in [-0.15, -0.1) is 0 Å². The Bertz CT molecular complexity index is 804. The van der Waals surface area contributed by atoms with Crippen LogP contribution >= 0.6 is 0 Å². The molecule has 1 unspecified atom stereocenters. The number of alkyl halides is 2. The Morgan fingerprint density at radius 3 is 2.41 bits per heavy atom. The number of likely N-dealkylation sites (tertiary alicyclic amines) is 1. The van der Waals surface area contributed by atoms with Crippen LogP contribution in [0.15, 0.2) is 30.3 Å². The summed E-state index contributed by atoms with van der Waals surface area (Å²) in [4.78, 5) is 14.5. The third-order valence-corrected chi connectivity index (χ3v) is 5.67. The fourth-order valence-electron chi connectivity index (χ4n) is 4.42. The van der Waals surface area contributed by atoms with Crippen LogP contribution in [0.5, 0.6) is 0 Å². The fraction of sp³-hybridized carbons (Fsp3) is 0.545. The van der Waals surface area contributed by atoms with Crippen molar-refractivity contribution in [1.82, 2.24) is 4.90 Å². The lowest BCUT2D eigenvalue weighted by atomic mass is 9.59. The Morgan fingerprint density at radius 2 is 1.90 bits per heavy atom. The van der Waals surface area contributed by atoms with Crippen molar-refractivity contribution in [2.45, 2.75) is 64.0 Å². The maximum Gasteiger partial charge on any atom is 0.410 e. The van der Waals surface area contributed by atoms with Crippen LogP contribution in [-0.2, 0) is 4.74 Å². The molecular formula is C22H29F2N3O2. The molecule has 3 rings (SSSR count). The summed E-state index contributed by atoms with van der Waals surface area (Å²) in [5, 5.41) is 7.13. The summed E-state index contributed by atoms with van der Waals surface area (Å²) in [6.45, 7) is 5.83. The van der Waals surface area contributed by atoms with Crippen LogP contribution in [0.3, 0.4) is 0 Å². The van der Waals surface area contributed by atoms with Crippen molar-refractivity contribution in [3.05, 3.63) is 41.5 Å². The van der Waals surface area contributed by atoms with Gasteiger partial charge >= 0.3 is 6.09 Å². The highest BCUT2D eigenvalue weighted by atomic mass is 19.3. The summed E-state index contributed by atoms with van der Waals surface area (Å²) >= 11 is 0. The number of carbonyl (C=O) groups excluding carboxylic acids is 1. The van der Waals surface area contributed by atoms with E-state index in [0.717, 1.165) is 17.3 Å². The van der Waals surface area contributed by atoms with E-state index < -0.39 is 23.0 Å². The number of hydrogen-bond donors (Lipinski definition) is 2. The SMILES string of the molecule is CC(C)(C)OC(=O)N1CCC2(CC1c1ccc(/C(N)=C/C=N)cc1)CC(F)(F)C2. The van der Waals surface area contributed by atoms with Gasteiger partial charge in [-0.3, -0.25) is 0 Å². The van der Waals surface area contributed by atoms with E-state index in [-0.39, 0.29) is 18.9 Å². The molecule has 1 aliphatic heterocycles. The number of nitrogens with zero attached hydrogens (tertiary/aromatic N) is 1. The fourth-order valence-corrected chi connectivity index (χ4v) is 4.42. The molecule has 1 heterocycles. The third-order valence-electron chi connectivity index (χ3n) is 5.67. The third kappa shape index (κ3) is 4.77. The van der Waals surface area contributed by atoms with Gasteiger partial charge in [-0.25, -0.2) is 13.6 Å². The molecule has 0 bridgehead atoms. The van der Waals surface area contributed by atoms with Gasteiger partial charge in [0.25, 0.3) is 0 Å². The van der Waals surface area contributed by atoms with E-state index in [1.54, 1.807) is 4.90 Å². The van der Waals surface area contributed by atoms with Gasteiger partial charge in [-0.1, -0.05) is 24.3 Å². The summed E-state index contributed by atoms with van der Waals surface area (Å²) in [5.74, 6) is -2.60. The van der Waals surface area contributed by atoms with Crippen molar-refractivity contribution in [2.24, 2.45) is 11.1 Å². The Balaban J connectivity index is 1.87. The number of benzene rings is 1. The number of nitrogens with two attached hydrogens (primary N) is 1. The molecule has 1 amide bonds. The number of allylic oxidation sites excluding steroid dienone is 1. The molecule has 0 radical (unpaired) electrons. The Hall–Kier alpha value is -2.44.